The van der Waals surface area contributed by atoms with Crippen LogP contribution in [0.15, 0.2) is 53.5 Å². The zero-order chi connectivity index (χ0) is 26.3. The minimum Gasteiger partial charge on any atom is -0.478 e. The van der Waals surface area contributed by atoms with Gasteiger partial charge in [-0.1, -0.05) is 36.2 Å². The summed E-state index contributed by atoms with van der Waals surface area (Å²) in [5.41, 5.74) is -4.42. The predicted octanol–water partition coefficient (Wildman–Crippen LogP) is 6.04. The van der Waals surface area contributed by atoms with Crippen LogP contribution in [0.3, 0.4) is 0 Å². The van der Waals surface area contributed by atoms with E-state index in [9.17, 15) is 27.9 Å². The number of hydrogen-bond acceptors (Lipinski definition) is 4. The molecule has 11 heteroatoms. The number of halogens is 5. The van der Waals surface area contributed by atoms with Crippen molar-refractivity contribution in [2.75, 3.05) is 0 Å². The second-order valence-corrected chi connectivity index (χ2v) is 8.86. The number of aliphatic hydroxyl groups is 1. The summed E-state index contributed by atoms with van der Waals surface area (Å²) in [7, 11) is 1.30. The molecule has 0 fully saturated rings. The molecule has 35 heavy (non-hydrogen) atoms. The Morgan fingerprint density at radius 1 is 1.06 bits per heavy atom. The van der Waals surface area contributed by atoms with Gasteiger partial charge in [0, 0.05) is 41.4 Å². The summed E-state index contributed by atoms with van der Waals surface area (Å²) in [6.07, 6.45) is -4.15. The summed E-state index contributed by atoms with van der Waals surface area (Å²) >= 11 is 12.2. The average molecular weight is 530 g/mol. The van der Waals surface area contributed by atoms with Gasteiger partial charge in [0.1, 0.15) is 11.5 Å². The lowest BCUT2D eigenvalue weighted by molar-refractivity contribution is -0.274. The van der Waals surface area contributed by atoms with E-state index in [0.717, 1.165) is 16.8 Å². The van der Waals surface area contributed by atoms with Crippen LogP contribution in [-0.4, -0.2) is 26.9 Å². The second-order valence-electron chi connectivity index (χ2n) is 8.05. The standard InChI is InChI=1S/C24H20Cl2F3NO5/c1-12-8-14(11-30(3)21(12)31)23(34,24(27,28)29)13(2)17-6-4-15(9-19(17)25)35-16-5-7-18(22(32)33)20(26)10-16/h4-11,13,34H,1-3H3,(H,32,33)/t13-,23-/m0/s1. The molecule has 0 aliphatic carbocycles. The number of carboxylic acids is 1. The Labute approximate surface area is 208 Å². The fourth-order valence-corrected chi connectivity index (χ4v) is 4.35. The number of aryl methyl sites for hydroxylation is 2. The van der Waals surface area contributed by atoms with Crippen LogP contribution >= 0.6 is 23.2 Å². The van der Waals surface area contributed by atoms with Crippen molar-refractivity contribution >= 4 is 29.2 Å². The lowest BCUT2D eigenvalue weighted by Crippen LogP contribution is -2.47. The van der Waals surface area contributed by atoms with E-state index in [4.69, 9.17) is 33.0 Å². The van der Waals surface area contributed by atoms with Gasteiger partial charge in [-0.3, -0.25) is 4.79 Å². The summed E-state index contributed by atoms with van der Waals surface area (Å²) in [6.45, 7) is 2.54. The summed E-state index contributed by atoms with van der Waals surface area (Å²) in [4.78, 5) is 23.1. The molecule has 1 aromatic heterocycles. The molecule has 0 aliphatic rings. The number of rotatable bonds is 6. The van der Waals surface area contributed by atoms with Crippen LogP contribution in [0.1, 0.15) is 39.9 Å². The van der Waals surface area contributed by atoms with Crippen LogP contribution in [0, 0.1) is 6.92 Å². The maximum Gasteiger partial charge on any atom is 0.422 e. The highest BCUT2D eigenvalue weighted by molar-refractivity contribution is 6.33. The van der Waals surface area contributed by atoms with Gasteiger partial charge in [0.05, 0.1) is 10.6 Å². The van der Waals surface area contributed by atoms with Crippen molar-refractivity contribution in [1.82, 2.24) is 4.57 Å². The molecule has 0 aliphatic heterocycles. The highest BCUT2D eigenvalue weighted by Gasteiger charge is 2.59. The van der Waals surface area contributed by atoms with E-state index in [1.165, 1.54) is 57.3 Å². The molecular weight excluding hydrogens is 510 g/mol. The second kappa shape index (κ2) is 9.56. The van der Waals surface area contributed by atoms with Gasteiger partial charge in [-0.2, -0.15) is 13.2 Å². The molecule has 6 nitrogen and oxygen atoms in total. The maximum atomic E-state index is 14.3. The third-order valence-electron chi connectivity index (χ3n) is 5.71. The quantitative estimate of drug-likeness (QED) is 0.406. The van der Waals surface area contributed by atoms with E-state index < -0.39 is 34.8 Å². The predicted molar refractivity (Wildman–Crippen MR) is 125 cm³/mol. The van der Waals surface area contributed by atoms with Gasteiger partial charge in [-0.25, -0.2) is 4.79 Å². The SMILES string of the molecule is Cc1cc([C@@](O)([C@@H](C)c2ccc(Oc3ccc(C(=O)O)c(Cl)c3)cc2Cl)C(F)(F)F)cn(C)c1=O. The largest absolute Gasteiger partial charge is 0.478 e. The van der Waals surface area contributed by atoms with Gasteiger partial charge >= 0.3 is 12.1 Å². The molecule has 3 rings (SSSR count). The molecule has 0 unspecified atom stereocenters. The van der Waals surface area contributed by atoms with E-state index in [1.54, 1.807) is 0 Å². The number of carbonyl (C=O) groups is 1. The molecule has 0 bridgehead atoms. The normalized spacial score (nSPS) is 14.3. The fourth-order valence-electron chi connectivity index (χ4n) is 3.76. The van der Waals surface area contributed by atoms with Crippen LogP contribution < -0.4 is 10.3 Å². The van der Waals surface area contributed by atoms with Crippen LogP contribution in [-0.2, 0) is 12.6 Å². The molecule has 2 aromatic carbocycles. The van der Waals surface area contributed by atoms with Crippen molar-refractivity contribution in [2.24, 2.45) is 7.05 Å². The Hall–Kier alpha value is -3.01. The number of alkyl halides is 3. The number of hydrogen-bond donors (Lipinski definition) is 2. The molecule has 3 aromatic rings. The Morgan fingerprint density at radius 3 is 2.11 bits per heavy atom. The molecule has 0 saturated heterocycles. The Morgan fingerprint density at radius 2 is 1.63 bits per heavy atom. The van der Waals surface area contributed by atoms with E-state index in [2.05, 4.69) is 0 Å². The lowest BCUT2D eigenvalue weighted by atomic mass is 9.78. The number of carboxylic acid groups (broad SMARTS) is 1. The maximum absolute atomic E-state index is 14.3. The lowest BCUT2D eigenvalue weighted by Gasteiger charge is -2.37. The van der Waals surface area contributed by atoms with Gasteiger partial charge in [-0.15, -0.1) is 0 Å². The monoisotopic (exact) mass is 529 g/mol. The van der Waals surface area contributed by atoms with Gasteiger partial charge in [0.15, 0.2) is 5.60 Å². The molecule has 0 radical (unpaired) electrons. The zero-order valence-corrected chi connectivity index (χ0v) is 20.2. The summed E-state index contributed by atoms with van der Waals surface area (Å²) in [5.74, 6) is -2.44. The van der Waals surface area contributed by atoms with Crippen LogP contribution in [0.25, 0.3) is 0 Å². The number of ether oxygens (including phenoxy) is 1. The van der Waals surface area contributed by atoms with Gasteiger partial charge < -0.3 is 19.5 Å². The molecule has 0 amide bonds. The summed E-state index contributed by atoms with van der Waals surface area (Å²) in [6, 6.07) is 8.83. The molecule has 0 saturated carbocycles. The molecule has 186 valence electrons. The highest BCUT2D eigenvalue weighted by Crippen LogP contribution is 2.50. The molecular formula is C24H20Cl2F3NO5. The summed E-state index contributed by atoms with van der Waals surface area (Å²) in [5, 5.41) is 19.9. The smallest absolute Gasteiger partial charge is 0.422 e. The van der Waals surface area contributed by atoms with Crippen LogP contribution in [0.2, 0.25) is 10.0 Å². The molecule has 0 spiro atoms. The number of aromatic nitrogens is 1. The van der Waals surface area contributed by atoms with E-state index >= 15 is 0 Å². The van der Waals surface area contributed by atoms with Crippen LogP contribution in [0.5, 0.6) is 11.5 Å². The minimum absolute atomic E-state index is 0.00962. The van der Waals surface area contributed by atoms with E-state index in [-0.39, 0.29) is 38.2 Å². The number of benzene rings is 2. The zero-order valence-electron chi connectivity index (χ0n) is 18.7. The molecule has 2 N–H and O–H groups in total. The van der Waals surface area contributed by atoms with Crippen LogP contribution in [0.4, 0.5) is 13.2 Å². The number of pyridine rings is 1. The van der Waals surface area contributed by atoms with E-state index in [0.29, 0.717) is 0 Å². The summed E-state index contributed by atoms with van der Waals surface area (Å²) < 4.78 is 49.4. The number of nitrogens with zero attached hydrogens (tertiary/aromatic N) is 1. The fraction of sp³-hybridized carbons (Fsp3) is 0.250. The first-order valence-electron chi connectivity index (χ1n) is 10.1. The van der Waals surface area contributed by atoms with E-state index in [1.807, 2.05) is 0 Å². The van der Waals surface area contributed by atoms with Crippen molar-refractivity contribution in [1.29, 1.82) is 0 Å². The van der Waals surface area contributed by atoms with Crippen molar-refractivity contribution in [2.45, 2.75) is 31.5 Å². The van der Waals surface area contributed by atoms with Crippen molar-refractivity contribution in [3.05, 3.63) is 91.3 Å². The third kappa shape index (κ3) is 5.03. The van der Waals surface area contributed by atoms with Gasteiger partial charge in [-0.05, 0) is 42.8 Å². The minimum atomic E-state index is -5.10. The third-order valence-corrected chi connectivity index (χ3v) is 6.35. The van der Waals surface area contributed by atoms with Gasteiger partial charge in [0.25, 0.3) is 5.56 Å². The first-order valence-corrected chi connectivity index (χ1v) is 10.9. The van der Waals surface area contributed by atoms with Gasteiger partial charge in [0.2, 0.25) is 0 Å². The first-order chi connectivity index (χ1) is 16.2. The Kier molecular flexibility index (Phi) is 7.26. The number of aromatic carboxylic acids is 1. The van der Waals surface area contributed by atoms with Crippen molar-refractivity contribution in [3.8, 4) is 11.5 Å². The van der Waals surface area contributed by atoms with Crippen molar-refractivity contribution in [3.63, 3.8) is 0 Å². The van der Waals surface area contributed by atoms with Crippen molar-refractivity contribution < 1.29 is 32.9 Å². The molecule has 1 heterocycles. The Balaban J connectivity index is 2.00. The highest BCUT2D eigenvalue weighted by atomic mass is 35.5. The first kappa shape index (κ1) is 26.6. The average Bonchev–Trinajstić information content (AvgIpc) is 2.75. The molecule has 2 atom stereocenters. The topological polar surface area (TPSA) is 88.8 Å². The Bertz CT molecular complexity index is 1330.